The van der Waals surface area contributed by atoms with Crippen molar-refractivity contribution in [1.82, 2.24) is 19.7 Å². The summed E-state index contributed by atoms with van der Waals surface area (Å²) in [7, 11) is 0. The highest BCUT2D eigenvalue weighted by molar-refractivity contribution is 8.00. The number of carbonyl (C=O) groups is 1. The predicted molar refractivity (Wildman–Crippen MR) is 125 cm³/mol. The zero-order chi connectivity index (χ0) is 22.3. The van der Waals surface area contributed by atoms with E-state index in [0.29, 0.717) is 29.4 Å². The molecule has 0 radical (unpaired) electrons. The van der Waals surface area contributed by atoms with Gasteiger partial charge in [0.05, 0.1) is 12.4 Å². The Balaban J connectivity index is 1.35. The summed E-state index contributed by atoms with van der Waals surface area (Å²) in [5.74, 6) is 0.672. The molecule has 0 aliphatic heterocycles. The molecule has 0 aliphatic carbocycles. The van der Waals surface area contributed by atoms with Gasteiger partial charge < -0.3 is 10.1 Å². The molecule has 0 aliphatic rings. The lowest BCUT2D eigenvalue weighted by Crippen LogP contribution is -2.24. The van der Waals surface area contributed by atoms with E-state index in [9.17, 15) is 9.18 Å². The molecule has 0 unspecified atom stereocenters. The highest BCUT2D eigenvalue weighted by Gasteiger charge is 2.15. The summed E-state index contributed by atoms with van der Waals surface area (Å²) in [6, 6.07) is 13.9. The van der Waals surface area contributed by atoms with Crippen molar-refractivity contribution in [2.75, 3.05) is 12.4 Å². The van der Waals surface area contributed by atoms with Gasteiger partial charge in [-0.25, -0.2) is 14.4 Å². The van der Waals surface area contributed by atoms with Gasteiger partial charge in [-0.15, -0.1) is 0 Å². The highest BCUT2D eigenvalue weighted by atomic mass is 32.2. The summed E-state index contributed by atoms with van der Waals surface area (Å²) in [4.78, 5) is 21.0. The maximum Gasteiger partial charge on any atom is 0.230 e. The van der Waals surface area contributed by atoms with Crippen LogP contribution in [-0.2, 0) is 11.3 Å². The third kappa shape index (κ3) is 5.41. The van der Waals surface area contributed by atoms with Gasteiger partial charge in [-0.1, -0.05) is 30.8 Å². The van der Waals surface area contributed by atoms with Crippen molar-refractivity contribution in [3.8, 4) is 17.0 Å². The number of hydrogen-bond donors (Lipinski definition) is 1. The molecule has 32 heavy (non-hydrogen) atoms. The van der Waals surface area contributed by atoms with E-state index in [-0.39, 0.29) is 17.5 Å². The number of benzene rings is 2. The lowest BCUT2D eigenvalue weighted by molar-refractivity contribution is -0.118. The van der Waals surface area contributed by atoms with Gasteiger partial charge in [0.2, 0.25) is 5.91 Å². The van der Waals surface area contributed by atoms with E-state index in [4.69, 9.17) is 4.74 Å². The average molecular weight is 469 g/mol. The number of ether oxygens (including phenoxy) is 1. The number of amides is 1. The van der Waals surface area contributed by atoms with Crippen molar-refractivity contribution in [3.63, 3.8) is 0 Å². The first-order valence-electron chi connectivity index (χ1n) is 10.1. The number of nitrogens with zero attached hydrogens (tertiary/aromatic N) is 3. The fourth-order valence-corrected chi connectivity index (χ4v) is 4.70. The van der Waals surface area contributed by atoms with Crippen LogP contribution in [0, 0.1) is 5.82 Å². The lowest BCUT2D eigenvalue weighted by atomic mass is 10.1. The van der Waals surface area contributed by atoms with E-state index < -0.39 is 0 Å². The molecule has 0 bridgehead atoms. The molecule has 4 aromatic rings. The van der Waals surface area contributed by atoms with Gasteiger partial charge in [-0.3, -0.25) is 4.79 Å². The molecule has 2 aromatic carbocycles. The molecule has 4 rings (SSSR count). The number of hydrogen-bond acceptors (Lipinski definition) is 7. The average Bonchev–Trinajstić information content (AvgIpc) is 3.26. The number of fused-ring (bicyclic) bond motifs is 1. The minimum Gasteiger partial charge on any atom is -0.494 e. The minimum atomic E-state index is -0.300. The van der Waals surface area contributed by atoms with Gasteiger partial charge in [0, 0.05) is 12.1 Å². The molecular weight excluding hydrogens is 447 g/mol. The van der Waals surface area contributed by atoms with Crippen LogP contribution >= 0.6 is 23.3 Å². The first kappa shape index (κ1) is 22.2. The van der Waals surface area contributed by atoms with Crippen LogP contribution in [0.2, 0.25) is 0 Å². The van der Waals surface area contributed by atoms with Crippen LogP contribution in [-0.4, -0.2) is 32.6 Å². The topological polar surface area (TPSA) is 77.0 Å². The van der Waals surface area contributed by atoms with Crippen molar-refractivity contribution in [3.05, 3.63) is 66.2 Å². The largest absolute Gasteiger partial charge is 0.494 e. The van der Waals surface area contributed by atoms with Crippen LogP contribution in [0.15, 0.2) is 59.9 Å². The Bertz CT molecular complexity index is 1200. The first-order chi connectivity index (χ1) is 15.6. The molecule has 6 nitrogen and oxygen atoms in total. The molecular formula is C23H21FN4O2S2. The van der Waals surface area contributed by atoms with Gasteiger partial charge in [0.1, 0.15) is 38.8 Å². The van der Waals surface area contributed by atoms with Crippen molar-refractivity contribution < 1.29 is 13.9 Å². The Labute approximate surface area is 193 Å². The molecule has 9 heteroatoms. The van der Waals surface area contributed by atoms with Crippen molar-refractivity contribution in [2.24, 2.45) is 0 Å². The van der Waals surface area contributed by atoms with Gasteiger partial charge >= 0.3 is 0 Å². The summed E-state index contributed by atoms with van der Waals surface area (Å²) in [6.07, 6.45) is 2.43. The number of carbonyl (C=O) groups excluding carboxylic acids is 1. The molecule has 1 N–H and O–H groups in total. The summed E-state index contributed by atoms with van der Waals surface area (Å²) in [6.45, 7) is 3.20. The number of nitrogens with one attached hydrogen (secondary N) is 1. The predicted octanol–water partition coefficient (Wildman–Crippen LogP) is 5.09. The third-order valence-electron chi connectivity index (χ3n) is 4.57. The lowest BCUT2D eigenvalue weighted by Gasteiger charge is -2.07. The molecule has 2 heterocycles. The molecule has 2 aromatic heterocycles. The Hall–Kier alpha value is -3.04. The van der Waals surface area contributed by atoms with Crippen molar-refractivity contribution in [2.45, 2.75) is 24.9 Å². The van der Waals surface area contributed by atoms with E-state index in [1.54, 1.807) is 12.1 Å². The second-order valence-corrected chi connectivity index (χ2v) is 8.69. The molecule has 0 fully saturated rings. The quantitative estimate of drug-likeness (QED) is 0.272. The monoisotopic (exact) mass is 468 g/mol. The van der Waals surface area contributed by atoms with Gasteiger partial charge in [-0.05, 0) is 59.9 Å². The third-order valence-corrected chi connectivity index (χ3v) is 6.53. The van der Waals surface area contributed by atoms with Crippen LogP contribution in [0.1, 0.15) is 18.9 Å². The van der Waals surface area contributed by atoms with Crippen LogP contribution in [0.3, 0.4) is 0 Å². The maximum absolute atomic E-state index is 13.2. The highest BCUT2D eigenvalue weighted by Crippen LogP contribution is 2.34. The molecule has 1 amide bonds. The molecule has 0 atom stereocenters. The maximum atomic E-state index is 13.2. The number of aromatic nitrogens is 3. The van der Waals surface area contributed by atoms with Gasteiger partial charge in [0.25, 0.3) is 0 Å². The second-order valence-electron chi connectivity index (χ2n) is 6.95. The zero-order valence-electron chi connectivity index (χ0n) is 17.4. The first-order valence-corrected chi connectivity index (χ1v) is 11.9. The smallest absolute Gasteiger partial charge is 0.230 e. The number of thioether (sulfide) groups is 1. The van der Waals surface area contributed by atoms with Gasteiger partial charge in [0.15, 0.2) is 0 Å². The SMILES string of the molecule is CCCOc1ccc(CNC(=O)CSc2ncnc3c(-c4ccc(F)cc4)nsc23)cc1. The number of rotatable bonds is 9. The summed E-state index contributed by atoms with van der Waals surface area (Å²) in [5, 5.41) is 3.63. The molecule has 0 spiro atoms. The van der Waals surface area contributed by atoms with Crippen molar-refractivity contribution >= 4 is 39.4 Å². The minimum absolute atomic E-state index is 0.0867. The van der Waals surface area contributed by atoms with E-state index in [2.05, 4.69) is 26.6 Å². The summed E-state index contributed by atoms with van der Waals surface area (Å²) in [5.41, 5.74) is 3.18. The Morgan fingerprint density at radius 2 is 1.91 bits per heavy atom. The Morgan fingerprint density at radius 1 is 1.12 bits per heavy atom. The number of halogens is 1. The van der Waals surface area contributed by atoms with E-state index >= 15 is 0 Å². The van der Waals surface area contributed by atoms with Crippen LogP contribution in [0.25, 0.3) is 21.5 Å². The fourth-order valence-electron chi connectivity index (χ4n) is 2.95. The van der Waals surface area contributed by atoms with Crippen LogP contribution in [0.4, 0.5) is 4.39 Å². The zero-order valence-corrected chi connectivity index (χ0v) is 19.0. The molecule has 0 saturated carbocycles. The van der Waals surface area contributed by atoms with E-state index in [1.807, 2.05) is 24.3 Å². The Kier molecular flexibility index (Phi) is 7.28. The van der Waals surface area contributed by atoms with Gasteiger partial charge in [-0.2, -0.15) is 4.37 Å². The fraction of sp³-hybridized carbons (Fsp3) is 0.217. The van der Waals surface area contributed by atoms with Crippen molar-refractivity contribution in [1.29, 1.82) is 0 Å². The summed E-state index contributed by atoms with van der Waals surface area (Å²) < 4.78 is 24.1. The summed E-state index contributed by atoms with van der Waals surface area (Å²) >= 11 is 2.62. The van der Waals surface area contributed by atoms with Crippen LogP contribution in [0.5, 0.6) is 5.75 Å². The molecule has 0 saturated heterocycles. The van der Waals surface area contributed by atoms with E-state index in [1.165, 1.54) is 41.8 Å². The molecule has 164 valence electrons. The standard InChI is InChI=1S/C23H21FN4O2S2/c1-2-11-30-18-9-3-15(4-10-18)12-25-19(29)13-31-23-22-21(26-14-27-23)20(28-32-22)16-5-7-17(24)8-6-16/h3-10,14H,2,11-13H2,1H3,(H,25,29). The van der Waals surface area contributed by atoms with Crippen LogP contribution < -0.4 is 10.1 Å². The normalized spacial score (nSPS) is 10.9. The second kappa shape index (κ2) is 10.5. The Morgan fingerprint density at radius 3 is 2.66 bits per heavy atom. The van der Waals surface area contributed by atoms with E-state index in [0.717, 1.165) is 28.0 Å².